The van der Waals surface area contributed by atoms with Crippen molar-refractivity contribution in [2.24, 2.45) is 11.8 Å². The van der Waals surface area contributed by atoms with Crippen LogP contribution in [0.4, 0.5) is 0 Å². The van der Waals surface area contributed by atoms with Gasteiger partial charge in [0.05, 0.1) is 19.1 Å². The molecule has 4 heteroatoms. The lowest BCUT2D eigenvalue weighted by Crippen LogP contribution is -2.20. The number of unbranched alkanes of at least 4 members (excludes halogenated alkanes) is 1. The Hall–Kier alpha value is -1.32. The van der Waals surface area contributed by atoms with Gasteiger partial charge in [0.1, 0.15) is 0 Å². The predicted octanol–water partition coefficient (Wildman–Crippen LogP) is 3.65. The van der Waals surface area contributed by atoms with Crippen LogP contribution in [0, 0.1) is 11.8 Å². The number of carbonyl (C=O) groups excluding carboxylic acids is 2. The Balaban J connectivity index is 2.11. The zero-order valence-corrected chi connectivity index (χ0v) is 13.1. The number of carbonyl (C=O) groups is 2. The molecule has 0 saturated heterocycles. The Morgan fingerprint density at radius 2 is 1.71 bits per heavy atom. The topological polar surface area (TPSA) is 52.6 Å². The van der Waals surface area contributed by atoms with Crippen LogP contribution in [0.15, 0.2) is 12.7 Å². The number of hydrogen-bond acceptors (Lipinski definition) is 4. The molecular formula is C17H28O4. The number of rotatable bonds is 7. The number of hydrogen-bond donors (Lipinski definition) is 0. The van der Waals surface area contributed by atoms with Gasteiger partial charge in [0, 0.05) is 6.08 Å². The normalized spacial score (nSPS) is 22.7. The second-order valence-electron chi connectivity index (χ2n) is 5.91. The zero-order chi connectivity index (χ0) is 15.5. The van der Waals surface area contributed by atoms with E-state index >= 15 is 0 Å². The van der Waals surface area contributed by atoms with Crippen LogP contribution in [-0.4, -0.2) is 25.2 Å². The van der Waals surface area contributed by atoms with Crippen LogP contribution in [-0.2, 0) is 19.1 Å². The van der Waals surface area contributed by atoms with Gasteiger partial charge in [-0.05, 0) is 38.0 Å². The lowest BCUT2D eigenvalue weighted by molar-refractivity contribution is -0.150. The van der Waals surface area contributed by atoms with E-state index < -0.39 is 5.97 Å². The minimum absolute atomic E-state index is 0.0489. The number of ether oxygens (including phenoxy) is 2. The molecule has 0 aromatic heterocycles. The summed E-state index contributed by atoms with van der Waals surface area (Å²) in [5.41, 5.74) is 0. The van der Waals surface area contributed by atoms with Crippen LogP contribution in [0.25, 0.3) is 0 Å². The van der Waals surface area contributed by atoms with E-state index in [1.54, 1.807) is 0 Å². The first-order valence-electron chi connectivity index (χ1n) is 8.09. The van der Waals surface area contributed by atoms with Crippen molar-refractivity contribution in [3.8, 4) is 0 Å². The van der Waals surface area contributed by atoms with E-state index in [0.29, 0.717) is 19.6 Å². The van der Waals surface area contributed by atoms with Crippen LogP contribution < -0.4 is 0 Å². The van der Waals surface area contributed by atoms with E-state index in [1.165, 1.54) is 12.8 Å². The van der Waals surface area contributed by atoms with E-state index in [-0.39, 0.29) is 11.9 Å². The third-order valence-corrected chi connectivity index (χ3v) is 4.03. The van der Waals surface area contributed by atoms with Crippen molar-refractivity contribution in [3.63, 3.8) is 0 Å². The van der Waals surface area contributed by atoms with Crippen LogP contribution in [0.5, 0.6) is 0 Å². The summed E-state index contributed by atoms with van der Waals surface area (Å²) < 4.78 is 10.2. The molecule has 0 radical (unpaired) electrons. The maximum atomic E-state index is 12.0. The van der Waals surface area contributed by atoms with E-state index in [2.05, 4.69) is 13.5 Å². The summed E-state index contributed by atoms with van der Waals surface area (Å²) in [4.78, 5) is 22.9. The Kier molecular flexibility index (Phi) is 8.79. The fourth-order valence-electron chi connectivity index (χ4n) is 2.62. The van der Waals surface area contributed by atoms with Crippen molar-refractivity contribution in [3.05, 3.63) is 12.7 Å². The molecule has 21 heavy (non-hydrogen) atoms. The van der Waals surface area contributed by atoms with E-state index in [9.17, 15) is 9.59 Å². The molecule has 0 bridgehead atoms. The molecule has 4 nitrogen and oxygen atoms in total. The standard InChI is InChI=1S/C17H28O4/c1-3-16(18)20-12-6-7-13-21-17(19)15-9-5-4-8-14(2)10-11-15/h3,14-15H,1,4-13H2,2H3. The van der Waals surface area contributed by atoms with Crippen molar-refractivity contribution in [1.82, 2.24) is 0 Å². The van der Waals surface area contributed by atoms with Gasteiger partial charge in [0.15, 0.2) is 0 Å². The van der Waals surface area contributed by atoms with Crippen LogP contribution in [0.3, 0.4) is 0 Å². The molecule has 1 rings (SSSR count). The average molecular weight is 296 g/mol. The van der Waals surface area contributed by atoms with Gasteiger partial charge in [0.25, 0.3) is 0 Å². The van der Waals surface area contributed by atoms with Crippen molar-refractivity contribution < 1.29 is 19.1 Å². The Labute approximate surface area is 127 Å². The first-order chi connectivity index (χ1) is 10.1. The number of esters is 2. The van der Waals surface area contributed by atoms with E-state index in [1.807, 2.05) is 0 Å². The fourth-order valence-corrected chi connectivity index (χ4v) is 2.62. The first-order valence-corrected chi connectivity index (χ1v) is 8.09. The fraction of sp³-hybridized carbons (Fsp3) is 0.765. The van der Waals surface area contributed by atoms with Gasteiger partial charge in [-0.1, -0.05) is 32.8 Å². The van der Waals surface area contributed by atoms with E-state index in [0.717, 1.165) is 44.1 Å². The van der Waals surface area contributed by atoms with E-state index in [4.69, 9.17) is 9.47 Å². The lowest BCUT2D eigenvalue weighted by Gasteiger charge is -2.21. The monoisotopic (exact) mass is 296 g/mol. The van der Waals surface area contributed by atoms with Gasteiger partial charge in [0.2, 0.25) is 0 Å². The highest BCUT2D eigenvalue weighted by atomic mass is 16.5. The van der Waals surface area contributed by atoms with Crippen molar-refractivity contribution in [2.45, 2.75) is 58.3 Å². The van der Waals surface area contributed by atoms with Crippen LogP contribution in [0.2, 0.25) is 0 Å². The summed E-state index contributed by atoms with van der Waals surface area (Å²) in [6, 6.07) is 0. The van der Waals surface area contributed by atoms with Gasteiger partial charge in [-0.25, -0.2) is 4.79 Å². The highest BCUT2D eigenvalue weighted by molar-refractivity contribution is 5.81. The summed E-state index contributed by atoms with van der Waals surface area (Å²) in [7, 11) is 0. The molecule has 2 atom stereocenters. The van der Waals surface area contributed by atoms with Gasteiger partial charge in [-0.2, -0.15) is 0 Å². The molecule has 2 unspecified atom stereocenters. The second kappa shape index (κ2) is 10.4. The smallest absolute Gasteiger partial charge is 0.330 e. The zero-order valence-electron chi connectivity index (χ0n) is 13.1. The second-order valence-corrected chi connectivity index (χ2v) is 5.91. The van der Waals surface area contributed by atoms with Crippen molar-refractivity contribution in [2.75, 3.05) is 13.2 Å². The molecule has 0 aliphatic heterocycles. The van der Waals surface area contributed by atoms with Crippen molar-refractivity contribution >= 4 is 11.9 Å². The summed E-state index contributed by atoms with van der Waals surface area (Å²) in [5.74, 6) is 0.342. The molecule has 1 aliphatic carbocycles. The predicted molar refractivity (Wildman–Crippen MR) is 81.7 cm³/mol. The maximum absolute atomic E-state index is 12.0. The van der Waals surface area contributed by atoms with Gasteiger partial charge < -0.3 is 9.47 Å². The quantitative estimate of drug-likeness (QED) is 0.409. The maximum Gasteiger partial charge on any atom is 0.330 e. The molecule has 1 fully saturated rings. The summed E-state index contributed by atoms with van der Waals surface area (Å²) in [5, 5.41) is 0. The highest BCUT2D eigenvalue weighted by Crippen LogP contribution is 2.26. The van der Waals surface area contributed by atoms with Gasteiger partial charge >= 0.3 is 11.9 Å². The Morgan fingerprint density at radius 1 is 1.05 bits per heavy atom. The molecule has 1 aliphatic rings. The molecule has 0 spiro atoms. The Morgan fingerprint density at radius 3 is 2.43 bits per heavy atom. The highest BCUT2D eigenvalue weighted by Gasteiger charge is 2.22. The molecule has 0 N–H and O–H groups in total. The third kappa shape index (κ3) is 7.88. The molecule has 0 heterocycles. The minimum atomic E-state index is -0.407. The first kappa shape index (κ1) is 17.7. The van der Waals surface area contributed by atoms with Crippen LogP contribution >= 0.6 is 0 Å². The largest absolute Gasteiger partial charge is 0.465 e. The molecule has 0 amide bonds. The van der Waals surface area contributed by atoms with Crippen LogP contribution in [0.1, 0.15) is 58.3 Å². The molecular weight excluding hydrogens is 268 g/mol. The third-order valence-electron chi connectivity index (χ3n) is 4.03. The molecule has 120 valence electrons. The average Bonchev–Trinajstić information content (AvgIpc) is 2.46. The van der Waals surface area contributed by atoms with Crippen molar-refractivity contribution in [1.29, 1.82) is 0 Å². The minimum Gasteiger partial charge on any atom is -0.465 e. The van der Waals surface area contributed by atoms with Gasteiger partial charge in [-0.3, -0.25) is 4.79 Å². The molecule has 1 saturated carbocycles. The Bertz CT molecular complexity index is 338. The lowest BCUT2D eigenvalue weighted by atomic mass is 9.86. The summed E-state index contributed by atoms with van der Waals surface area (Å²) in [6.45, 7) is 6.35. The van der Waals surface area contributed by atoms with Gasteiger partial charge in [-0.15, -0.1) is 0 Å². The molecule has 0 aromatic carbocycles. The molecule has 0 aromatic rings. The SMILES string of the molecule is C=CC(=O)OCCCCOC(=O)C1CCCCC(C)CC1. The summed E-state index contributed by atoms with van der Waals surface area (Å²) >= 11 is 0. The summed E-state index contributed by atoms with van der Waals surface area (Å²) in [6.07, 6.45) is 9.24.